The highest BCUT2D eigenvalue weighted by atomic mass is 32.1. The summed E-state index contributed by atoms with van der Waals surface area (Å²) in [6, 6.07) is 20.4. The number of rotatable bonds is 6. The minimum atomic E-state index is 0.588. The van der Waals surface area contributed by atoms with Crippen LogP contribution in [-0.2, 0) is 13.1 Å². The first-order valence-corrected chi connectivity index (χ1v) is 7.67. The Morgan fingerprint density at radius 2 is 1.05 bits per heavy atom. The molecule has 2 aromatic carbocycles. The zero-order chi connectivity index (χ0) is 14.9. The van der Waals surface area contributed by atoms with Crippen molar-refractivity contribution in [3.63, 3.8) is 0 Å². The predicted molar refractivity (Wildman–Crippen MR) is 96.4 cm³/mol. The van der Waals surface area contributed by atoms with Gasteiger partial charge < -0.3 is 10.6 Å². The molecule has 0 aliphatic rings. The summed E-state index contributed by atoms with van der Waals surface area (Å²) in [7, 11) is 0. The van der Waals surface area contributed by atoms with Gasteiger partial charge in [0.25, 0.3) is 0 Å². The Hall–Kier alpha value is -1.78. The second kappa shape index (κ2) is 8.49. The van der Waals surface area contributed by atoms with E-state index in [2.05, 4.69) is 34.9 Å². The van der Waals surface area contributed by atoms with Crippen molar-refractivity contribution in [3.8, 4) is 0 Å². The Morgan fingerprint density at radius 1 is 0.667 bits per heavy atom. The average molecular weight is 314 g/mol. The Morgan fingerprint density at radius 3 is 1.43 bits per heavy atom. The van der Waals surface area contributed by atoms with Gasteiger partial charge in [0.15, 0.2) is 0 Å². The van der Waals surface area contributed by atoms with E-state index in [1.807, 2.05) is 36.4 Å². The lowest BCUT2D eigenvalue weighted by Crippen LogP contribution is -2.29. The maximum atomic E-state index is 5.32. The molecule has 0 fully saturated rings. The molecule has 2 N–H and O–H groups in total. The van der Waals surface area contributed by atoms with Crippen molar-refractivity contribution in [2.24, 2.45) is 0 Å². The van der Waals surface area contributed by atoms with Crippen LogP contribution >= 0.6 is 24.4 Å². The molecule has 0 radical (unpaired) electrons. The summed E-state index contributed by atoms with van der Waals surface area (Å²) in [5.41, 5.74) is 2.42. The molecule has 4 heteroatoms. The zero-order valence-electron chi connectivity index (χ0n) is 11.7. The van der Waals surface area contributed by atoms with E-state index in [1.165, 1.54) is 11.1 Å². The number of hydrogen-bond donors (Lipinski definition) is 2. The SMILES string of the molecule is S=C(CC(=S)NCc1ccccc1)NCc1ccccc1. The van der Waals surface area contributed by atoms with Crippen molar-refractivity contribution in [3.05, 3.63) is 71.8 Å². The quantitative estimate of drug-likeness (QED) is 0.796. The van der Waals surface area contributed by atoms with Gasteiger partial charge >= 0.3 is 0 Å². The predicted octanol–water partition coefficient (Wildman–Crippen LogP) is 3.61. The zero-order valence-corrected chi connectivity index (χ0v) is 13.3. The van der Waals surface area contributed by atoms with Crippen LogP contribution in [0.15, 0.2) is 60.7 Å². The smallest absolute Gasteiger partial charge is 0.0824 e. The minimum absolute atomic E-state index is 0.588. The summed E-state index contributed by atoms with van der Waals surface area (Å²) in [5.74, 6) is 0. The summed E-state index contributed by atoms with van der Waals surface area (Å²) < 4.78 is 0. The number of nitrogens with one attached hydrogen (secondary N) is 2. The van der Waals surface area contributed by atoms with Crippen LogP contribution in [0.2, 0.25) is 0 Å². The van der Waals surface area contributed by atoms with Crippen molar-refractivity contribution in [1.29, 1.82) is 0 Å². The Bertz CT molecular complexity index is 529. The summed E-state index contributed by atoms with van der Waals surface area (Å²) in [4.78, 5) is 1.54. The summed E-state index contributed by atoms with van der Waals surface area (Å²) >= 11 is 10.6. The summed E-state index contributed by atoms with van der Waals surface area (Å²) in [6.07, 6.45) is 0.588. The number of hydrogen-bond acceptors (Lipinski definition) is 2. The van der Waals surface area contributed by atoms with E-state index < -0.39 is 0 Å². The van der Waals surface area contributed by atoms with E-state index >= 15 is 0 Å². The van der Waals surface area contributed by atoms with Crippen LogP contribution in [-0.4, -0.2) is 9.98 Å². The molecule has 0 unspecified atom stereocenters. The van der Waals surface area contributed by atoms with E-state index in [1.54, 1.807) is 0 Å². The molecule has 0 aromatic heterocycles. The van der Waals surface area contributed by atoms with Crippen LogP contribution in [0, 0.1) is 0 Å². The normalized spacial score (nSPS) is 9.90. The largest absolute Gasteiger partial charge is 0.375 e. The van der Waals surface area contributed by atoms with Crippen LogP contribution in [0.3, 0.4) is 0 Å². The Kier molecular flexibility index (Phi) is 6.31. The summed E-state index contributed by atoms with van der Waals surface area (Å²) in [6.45, 7) is 1.47. The number of benzene rings is 2. The highest BCUT2D eigenvalue weighted by molar-refractivity contribution is 7.82. The topological polar surface area (TPSA) is 24.1 Å². The molecule has 0 spiro atoms. The van der Waals surface area contributed by atoms with E-state index in [0.717, 1.165) is 23.1 Å². The number of thiocarbonyl (C=S) groups is 2. The third kappa shape index (κ3) is 6.02. The highest BCUT2D eigenvalue weighted by Gasteiger charge is 2.02. The first kappa shape index (κ1) is 15.6. The van der Waals surface area contributed by atoms with Crippen LogP contribution in [0.25, 0.3) is 0 Å². The lowest BCUT2D eigenvalue weighted by molar-refractivity contribution is 0.896. The third-order valence-corrected chi connectivity index (χ3v) is 3.56. The van der Waals surface area contributed by atoms with Crippen LogP contribution in [0.1, 0.15) is 17.5 Å². The molecule has 0 aliphatic carbocycles. The molecule has 2 nitrogen and oxygen atoms in total. The Balaban J connectivity index is 1.69. The highest BCUT2D eigenvalue weighted by Crippen LogP contribution is 2.00. The van der Waals surface area contributed by atoms with E-state index in [9.17, 15) is 0 Å². The second-order valence-electron chi connectivity index (χ2n) is 4.70. The third-order valence-electron chi connectivity index (χ3n) is 2.99. The molecule has 0 saturated carbocycles. The molecule has 0 atom stereocenters. The van der Waals surface area contributed by atoms with Gasteiger partial charge in [0.05, 0.1) is 9.98 Å². The average Bonchev–Trinajstić information content (AvgIpc) is 2.53. The van der Waals surface area contributed by atoms with Gasteiger partial charge in [-0.25, -0.2) is 0 Å². The fourth-order valence-electron chi connectivity index (χ4n) is 1.86. The standard InChI is InChI=1S/C17H18N2S2/c20-16(18-12-14-7-3-1-4-8-14)11-17(21)19-13-15-9-5-2-6-10-15/h1-10H,11-13H2,(H,18,20)(H,19,21). The van der Waals surface area contributed by atoms with Crippen molar-refractivity contribution in [1.82, 2.24) is 10.6 Å². The van der Waals surface area contributed by atoms with E-state index in [4.69, 9.17) is 24.4 Å². The first-order chi connectivity index (χ1) is 10.2. The van der Waals surface area contributed by atoms with Gasteiger partial charge in [0.1, 0.15) is 0 Å². The van der Waals surface area contributed by atoms with Crippen LogP contribution in [0.5, 0.6) is 0 Å². The molecular formula is C17H18N2S2. The van der Waals surface area contributed by atoms with Gasteiger partial charge in [-0.3, -0.25) is 0 Å². The molecule has 0 heterocycles. The fraction of sp³-hybridized carbons (Fsp3) is 0.176. The van der Waals surface area contributed by atoms with E-state index in [0.29, 0.717) is 6.42 Å². The second-order valence-corrected chi connectivity index (χ2v) is 5.69. The molecular weight excluding hydrogens is 296 g/mol. The van der Waals surface area contributed by atoms with Gasteiger partial charge in [0.2, 0.25) is 0 Å². The van der Waals surface area contributed by atoms with Crippen LogP contribution < -0.4 is 10.6 Å². The molecule has 21 heavy (non-hydrogen) atoms. The molecule has 0 aliphatic heterocycles. The van der Waals surface area contributed by atoms with Crippen molar-refractivity contribution in [2.45, 2.75) is 19.5 Å². The van der Waals surface area contributed by atoms with Crippen LogP contribution in [0.4, 0.5) is 0 Å². The van der Waals surface area contributed by atoms with Crippen molar-refractivity contribution >= 4 is 34.4 Å². The Labute approximate surface area is 136 Å². The maximum Gasteiger partial charge on any atom is 0.0824 e. The van der Waals surface area contributed by atoms with E-state index in [-0.39, 0.29) is 0 Å². The minimum Gasteiger partial charge on any atom is -0.375 e. The van der Waals surface area contributed by atoms with Crippen molar-refractivity contribution in [2.75, 3.05) is 0 Å². The lowest BCUT2D eigenvalue weighted by Gasteiger charge is -2.11. The first-order valence-electron chi connectivity index (χ1n) is 6.85. The molecule has 0 bridgehead atoms. The van der Waals surface area contributed by atoms with Crippen molar-refractivity contribution < 1.29 is 0 Å². The molecule has 2 rings (SSSR count). The monoisotopic (exact) mass is 314 g/mol. The van der Waals surface area contributed by atoms with Gasteiger partial charge in [-0.05, 0) is 11.1 Å². The lowest BCUT2D eigenvalue weighted by atomic mass is 10.2. The van der Waals surface area contributed by atoms with Gasteiger partial charge in [-0.15, -0.1) is 0 Å². The van der Waals surface area contributed by atoms with Gasteiger partial charge in [-0.1, -0.05) is 85.1 Å². The summed E-state index contributed by atoms with van der Waals surface area (Å²) in [5, 5.41) is 6.46. The fourth-order valence-corrected chi connectivity index (χ4v) is 2.39. The van der Waals surface area contributed by atoms with Gasteiger partial charge in [0, 0.05) is 19.5 Å². The maximum absolute atomic E-state index is 5.32. The molecule has 0 saturated heterocycles. The van der Waals surface area contributed by atoms with Gasteiger partial charge in [-0.2, -0.15) is 0 Å². The molecule has 2 aromatic rings. The molecule has 0 amide bonds. The molecule has 108 valence electrons.